The van der Waals surface area contributed by atoms with E-state index in [0.29, 0.717) is 35.9 Å². The van der Waals surface area contributed by atoms with E-state index in [1.165, 1.54) is 17.7 Å². The molecule has 1 N–H and O–H groups in total. The van der Waals surface area contributed by atoms with Crippen molar-refractivity contribution in [3.05, 3.63) is 64.1 Å². The van der Waals surface area contributed by atoms with Crippen LogP contribution in [-0.2, 0) is 6.54 Å². The number of carbonyl (C=O) groups is 1. The standard InChI is InChI=1S/C19H15N5OS/c20-10-14-4-5-15(26-14)11-21-18-16-6-3-13(9-17(16)22-12-23-18)19(25)24-7-1-2-8-24/h1-6,9,12H,7-8,11H2,(H,21,22,23). The van der Waals surface area contributed by atoms with E-state index in [0.717, 1.165) is 15.8 Å². The minimum atomic E-state index is 0.00707. The summed E-state index contributed by atoms with van der Waals surface area (Å²) in [6, 6.07) is 11.4. The highest BCUT2D eigenvalue weighted by Gasteiger charge is 2.17. The largest absolute Gasteiger partial charge is 0.365 e. The Balaban J connectivity index is 1.56. The van der Waals surface area contributed by atoms with Crippen molar-refractivity contribution in [1.82, 2.24) is 14.9 Å². The van der Waals surface area contributed by atoms with Crippen LogP contribution in [-0.4, -0.2) is 33.9 Å². The fourth-order valence-corrected chi connectivity index (χ4v) is 3.61. The number of benzene rings is 1. The molecule has 3 aromatic rings. The Hall–Kier alpha value is -3.24. The van der Waals surface area contributed by atoms with Crippen molar-refractivity contribution in [3.8, 4) is 6.07 Å². The summed E-state index contributed by atoms with van der Waals surface area (Å²) in [6.07, 6.45) is 5.47. The first-order valence-corrected chi connectivity index (χ1v) is 8.98. The number of amides is 1. The maximum atomic E-state index is 12.5. The van der Waals surface area contributed by atoms with Gasteiger partial charge in [0.1, 0.15) is 23.1 Å². The molecular weight excluding hydrogens is 346 g/mol. The van der Waals surface area contributed by atoms with E-state index in [1.807, 2.05) is 42.5 Å². The van der Waals surface area contributed by atoms with Crippen LogP contribution >= 0.6 is 11.3 Å². The molecule has 2 aromatic heterocycles. The SMILES string of the molecule is N#Cc1ccc(CNc2ncnc3cc(C(=O)N4CC=CC4)ccc23)s1. The minimum Gasteiger partial charge on any atom is -0.365 e. The average Bonchev–Trinajstić information content (AvgIpc) is 3.37. The van der Waals surface area contributed by atoms with Crippen LogP contribution in [0.4, 0.5) is 5.82 Å². The van der Waals surface area contributed by atoms with E-state index < -0.39 is 0 Å². The Kier molecular flexibility index (Phi) is 4.33. The number of nitrogens with zero attached hydrogens (tertiary/aromatic N) is 4. The third kappa shape index (κ3) is 3.15. The first kappa shape index (κ1) is 16.2. The number of rotatable bonds is 4. The topological polar surface area (TPSA) is 81.9 Å². The Morgan fingerprint density at radius 2 is 2.08 bits per heavy atom. The molecule has 7 heteroatoms. The lowest BCUT2D eigenvalue weighted by molar-refractivity contribution is 0.0800. The Bertz CT molecular complexity index is 1040. The number of hydrogen-bond donors (Lipinski definition) is 1. The summed E-state index contributed by atoms with van der Waals surface area (Å²) in [6.45, 7) is 1.89. The van der Waals surface area contributed by atoms with Crippen molar-refractivity contribution in [3.63, 3.8) is 0 Å². The van der Waals surface area contributed by atoms with Crippen molar-refractivity contribution in [2.75, 3.05) is 18.4 Å². The molecule has 0 spiro atoms. The summed E-state index contributed by atoms with van der Waals surface area (Å²) in [7, 11) is 0. The summed E-state index contributed by atoms with van der Waals surface area (Å²) < 4.78 is 0. The summed E-state index contributed by atoms with van der Waals surface area (Å²) in [4.78, 5) is 24.7. The predicted molar refractivity (Wildman–Crippen MR) is 101 cm³/mol. The summed E-state index contributed by atoms with van der Waals surface area (Å²) in [5.74, 6) is 0.719. The molecule has 0 atom stereocenters. The maximum absolute atomic E-state index is 12.5. The van der Waals surface area contributed by atoms with Crippen molar-refractivity contribution in [2.24, 2.45) is 0 Å². The van der Waals surface area contributed by atoms with Crippen molar-refractivity contribution in [1.29, 1.82) is 5.26 Å². The number of nitrogens with one attached hydrogen (secondary N) is 1. The molecule has 4 rings (SSSR count). The molecule has 0 bridgehead atoms. The number of aromatic nitrogens is 2. The van der Waals surface area contributed by atoms with Gasteiger partial charge in [-0.2, -0.15) is 5.26 Å². The molecule has 0 unspecified atom stereocenters. The smallest absolute Gasteiger partial charge is 0.254 e. The van der Waals surface area contributed by atoms with Gasteiger partial charge in [-0.15, -0.1) is 11.3 Å². The lowest BCUT2D eigenvalue weighted by Crippen LogP contribution is -2.28. The zero-order chi connectivity index (χ0) is 17.9. The van der Waals surface area contributed by atoms with Gasteiger partial charge < -0.3 is 10.2 Å². The van der Waals surface area contributed by atoms with Gasteiger partial charge in [0, 0.05) is 28.9 Å². The molecule has 1 amide bonds. The second-order valence-electron chi connectivity index (χ2n) is 5.87. The highest BCUT2D eigenvalue weighted by atomic mass is 32.1. The van der Waals surface area contributed by atoms with Gasteiger partial charge in [-0.1, -0.05) is 12.2 Å². The number of anilines is 1. The van der Waals surface area contributed by atoms with Gasteiger partial charge in [-0.3, -0.25) is 4.79 Å². The van der Waals surface area contributed by atoms with Gasteiger partial charge in [0.15, 0.2) is 0 Å². The van der Waals surface area contributed by atoms with Crippen molar-refractivity contribution in [2.45, 2.75) is 6.54 Å². The second kappa shape index (κ2) is 6.94. The van der Waals surface area contributed by atoms with Gasteiger partial charge in [0.05, 0.1) is 12.1 Å². The van der Waals surface area contributed by atoms with E-state index in [2.05, 4.69) is 21.4 Å². The molecule has 1 aliphatic heterocycles. The van der Waals surface area contributed by atoms with E-state index >= 15 is 0 Å². The fourth-order valence-electron chi connectivity index (χ4n) is 2.86. The van der Waals surface area contributed by atoms with Crippen LogP contribution in [0.3, 0.4) is 0 Å². The quantitative estimate of drug-likeness (QED) is 0.722. The van der Waals surface area contributed by atoms with Gasteiger partial charge in [-0.25, -0.2) is 9.97 Å². The molecule has 128 valence electrons. The molecule has 0 saturated carbocycles. The Morgan fingerprint density at radius 3 is 2.85 bits per heavy atom. The fraction of sp³-hybridized carbons (Fsp3) is 0.158. The highest BCUT2D eigenvalue weighted by Crippen LogP contribution is 2.23. The van der Waals surface area contributed by atoms with Crippen molar-refractivity contribution >= 4 is 34.0 Å². The van der Waals surface area contributed by atoms with E-state index in [1.54, 1.807) is 4.90 Å². The van der Waals surface area contributed by atoms with Gasteiger partial charge >= 0.3 is 0 Å². The minimum absolute atomic E-state index is 0.00707. The van der Waals surface area contributed by atoms with Crippen molar-refractivity contribution < 1.29 is 4.79 Å². The molecule has 0 fully saturated rings. The maximum Gasteiger partial charge on any atom is 0.254 e. The van der Waals surface area contributed by atoms with Crippen LogP contribution < -0.4 is 5.32 Å². The molecule has 1 aromatic carbocycles. The molecule has 0 aliphatic carbocycles. The zero-order valence-electron chi connectivity index (χ0n) is 13.8. The van der Waals surface area contributed by atoms with Crippen LogP contribution in [0.5, 0.6) is 0 Å². The van der Waals surface area contributed by atoms with Crippen LogP contribution in [0.25, 0.3) is 10.9 Å². The van der Waals surface area contributed by atoms with Crippen LogP contribution in [0.15, 0.2) is 48.8 Å². The highest BCUT2D eigenvalue weighted by molar-refractivity contribution is 7.12. The van der Waals surface area contributed by atoms with E-state index in [-0.39, 0.29) is 5.91 Å². The average molecular weight is 361 g/mol. The summed E-state index contributed by atoms with van der Waals surface area (Å²) in [5.41, 5.74) is 1.35. The normalized spacial score (nSPS) is 13.1. The van der Waals surface area contributed by atoms with Crippen LogP contribution in [0, 0.1) is 11.3 Å². The van der Waals surface area contributed by atoms with Gasteiger partial charge in [-0.05, 0) is 30.3 Å². The van der Waals surface area contributed by atoms with E-state index in [9.17, 15) is 4.79 Å². The van der Waals surface area contributed by atoms with Gasteiger partial charge in [0.25, 0.3) is 5.91 Å². The molecule has 1 aliphatic rings. The third-order valence-corrected chi connectivity index (χ3v) is 5.18. The first-order valence-electron chi connectivity index (χ1n) is 8.16. The van der Waals surface area contributed by atoms with E-state index in [4.69, 9.17) is 5.26 Å². The Morgan fingerprint density at radius 1 is 1.23 bits per heavy atom. The summed E-state index contributed by atoms with van der Waals surface area (Å²) >= 11 is 1.45. The number of carbonyl (C=O) groups excluding carboxylic acids is 1. The molecule has 0 radical (unpaired) electrons. The number of nitriles is 1. The molecule has 6 nitrogen and oxygen atoms in total. The summed E-state index contributed by atoms with van der Waals surface area (Å²) in [5, 5.41) is 13.1. The predicted octanol–water partition coefficient (Wildman–Crippen LogP) is 3.19. The Labute approximate surface area is 154 Å². The third-order valence-electron chi connectivity index (χ3n) is 4.19. The van der Waals surface area contributed by atoms with Gasteiger partial charge in [0.2, 0.25) is 0 Å². The molecule has 26 heavy (non-hydrogen) atoms. The number of fused-ring (bicyclic) bond motifs is 1. The molecule has 0 saturated heterocycles. The lowest BCUT2D eigenvalue weighted by atomic mass is 10.1. The molecular formula is C19H15N5OS. The number of hydrogen-bond acceptors (Lipinski definition) is 6. The van der Waals surface area contributed by atoms with Crippen LogP contribution in [0.1, 0.15) is 20.1 Å². The number of thiophene rings is 1. The first-order chi connectivity index (χ1) is 12.7. The monoisotopic (exact) mass is 361 g/mol. The second-order valence-corrected chi connectivity index (χ2v) is 7.04. The molecule has 3 heterocycles. The lowest BCUT2D eigenvalue weighted by Gasteiger charge is -2.15. The zero-order valence-corrected chi connectivity index (χ0v) is 14.7. The van der Waals surface area contributed by atoms with Crippen LogP contribution in [0.2, 0.25) is 0 Å².